The Kier molecular flexibility index (Phi) is 1.57. The Morgan fingerprint density at radius 3 is 3.00 bits per heavy atom. The third kappa shape index (κ3) is 1.03. The summed E-state index contributed by atoms with van der Waals surface area (Å²) >= 11 is 0. The van der Waals surface area contributed by atoms with Crippen LogP contribution in [-0.4, -0.2) is 0 Å². The number of rotatable bonds is 1. The molecule has 1 heterocycles. The van der Waals surface area contributed by atoms with E-state index in [1.165, 1.54) is 0 Å². The Morgan fingerprint density at radius 1 is 1.75 bits per heavy atom. The molecular weight excluding hydrogens is 102 g/mol. The van der Waals surface area contributed by atoms with E-state index in [2.05, 4.69) is 12.2 Å². The van der Waals surface area contributed by atoms with E-state index in [0.717, 1.165) is 12.1 Å². The fourth-order valence-electron chi connectivity index (χ4n) is 0.521. The van der Waals surface area contributed by atoms with Gasteiger partial charge in [-0.3, -0.25) is 0 Å². The molecule has 0 unspecified atom stereocenters. The highest BCUT2D eigenvalue weighted by Gasteiger charge is 1.91. The molecule has 2 nitrogen and oxygen atoms in total. The third-order valence-electron chi connectivity index (χ3n) is 1.01. The van der Waals surface area contributed by atoms with Gasteiger partial charge in [0.25, 0.3) is 0 Å². The van der Waals surface area contributed by atoms with E-state index in [1.807, 2.05) is 0 Å². The molecule has 1 N–H and O–H groups in total. The standard InChI is InChI=1S/C6H9NO/c1-2-6-5-8-4-3-7-6/h3-5,7H,2H2,1H3. The maximum absolute atomic E-state index is 4.87. The molecule has 0 saturated carbocycles. The van der Waals surface area contributed by atoms with Gasteiger partial charge in [0, 0.05) is 6.20 Å². The van der Waals surface area contributed by atoms with E-state index < -0.39 is 0 Å². The average molecular weight is 111 g/mol. The highest BCUT2D eigenvalue weighted by Crippen LogP contribution is 1.99. The molecule has 0 bridgehead atoms. The van der Waals surface area contributed by atoms with Gasteiger partial charge in [0.1, 0.15) is 12.5 Å². The lowest BCUT2D eigenvalue weighted by Crippen LogP contribution is -2.06. The molecule has 0 aromatic heterocycles. The van der Waals surface area contributed by atoms with Gasteiger partial charge in [-0.05, 0) is 6.42 Å². The zero-order chi connectivity index (χ0) is 5.82. The van der Waals surface area contributed by atoms with Crippen molar-refractivity contribution in [3.63, 3.8) is 0 Å². The molecule has 0 atom stereocenters. The normalized spacial score (nSPS) is 16.4. The first kappa shape index (κ1) is 5.22. The van der Waals surface area contributed by atoms with Crippen molar-refractivity contribution in [2.75, 3.05) is 0 Å². The van der Waals surface area contributed by atoms with Gasteiger partial charge in [0.05, 0.1) is 5.70 Å². The van der Waals surface area contributed by atoms with Crippen molar-refractivity contribution in [1.29, 1.82) is 0 Å². The van der Waals surface area contributed by atoms with Crippen LogP contribution in [0, 0.1) is 0 Å². The molecule has 0 aliphatic carbocycles. The molecule has 0 radical (unpaired) electrons. The lowest BCUT2D eigenvalue weighted by molar-refractivity contribution is 0.380. The summed E-state index contributed by atoms with van der Waals surface area (Å²) in [5.74, 6) is 0. The topological polar surface area (TPSA) is 21.3 Å². The fraction of sp³-hybridized carbons (Fsp3) is 0.333. The summed E-state index contributed by atoms with van der Waals surface area (Å²) in [5.41, 5.74) is 1.12. The summed E-state index contributed by atoms with van der Waals surface area (Å²) < 4.78 is 4.87. The fourth-order valence-corrected chi connectivity index (χ4v) is 0.521. The van der Waals surface area contributed by atoms with E-state index >= 15 is 0 Å². The van der Waals surface area contributed by atoms with Crippen LogP contribution in [0.3, 0.4) is 0 Å². The quantitative estimate of drug-likeness (QED) is 0.551. The minimum absolute atomic E-state index is 0.990. The van der Waals surface area contributed by atoms with Crippen molar-refractivity contribution in [1.82, 2.24) is 5.32 Å². The van der Waals surface area contributed by atoms with Gasteiger partial charge in [-0.15, -0.1) is 0 Å². The summed E-state index contributed by atoms with van der Waals surface area (Å²) in [6.07, 6.45) is 6.09. The summed E-state index contributed by atoms with van der Waals surface area (Å²) in [4.78, 5) is 0. The van der Waals surface area contributed by atoms with E-state index in [1.54, 1.807) is 18.7 Å². The largest absolute Gasteiger partial charge is 0.469 e. The summed E-state index contributed by atoms with van der Waals surface area (Å²) in [6.45, 7) is 2.07. The molecule has 1 aliphatic rings. The molecule has 0 aromatic carbocycles. The maximum Gasteiger partial charge on any atom is 0.109 e. The predicted molar refractivity (Wildman–Crippen MR) is 31.7 cm³/mol. The van der Waals surface area contributed by atoms with Crippen molar-refractivity contribution in [3.05, 3.63) is 24.4 Å². The Labute approximate surface area is 48.8 Å². The van der Waals surface area contributed by atoms with Crippen LogP contribution < -0.4 is 5.32 Å². The zero-order valence-electron chi connectivity index (χ0n) is 4.85. The molecule has 0 spiro atoms. The molecule has 1 rings (SSSR count). The maximum atomic E-state index is 4.87. The lowest BCUT2D eigenvalue weighted by atomic mass is 10.4. The van der Waals surface area contributed by atoms with E-state index in [9.17, 15) is 0 Å². The van der Waals surface area contributed by atoms with Crippen molar-refractivity contribution in [3.8, 4) is 0 Å². The third-order valence-corrected chi connectivity index (χ3v) is 1.01. The Balaban J connectivity index is 2.43. The number of hydrogen-bond acceptors (Lipinski definition) is 2. The van der Waals surface area contributed by atoms with Crippen molar-refractivity contribution < 1.29 is 4.74 Å². The second-order valence-corrected chi connectivity index (χ2v) is 1.58. The van der Waals surface area contributed by atoms with Crippen LogP contribution in [0.4, 0.5) is 0 Å². The molecule has 0 amide bonds. The van der Waals surface area contributed by atoms with Gasteiger partial charge in [0.15, 0.2) is 0 Å². The second kappa shape index (κ2) is 2.40. The molecular formula is C6H9NO. The molecule has 1 aliphatic heterocycles. The molecule has 0 saturated heterocycles. The summed E-state index contributed by atoms with van der Waals surface area (Å²) in [5, 5.41) is 3.02. The van der Waals surface area contributed by atoms with Crippen molar-refractivity contribution in [2.45, 2.75) is 13.3 Å². The zero-order valence-corrected chi connectivity index (χ0v) is 4.85. The first-order valence-electron chi connectivity index (χ1n) is 2.69. The molecule has 0 fully saturated rings. The first-order valence-corrected chi connectivity index (χ1v) is 2.69. The SMILES string of the molecule is CCC1=COC=CN1. The van der Waals surface area contributed by atoms with Gasteiger partial charge in [0.2, 0.25) is 0 Å². The average Bonchev–Trinajstić information content (AvgIpc) is 1.90. The predicted octanol–water partition coefficient (Wildman–Crippen LogP) is 1.33. The smallest absolute Gasteiger partial charge is 0.109 e. The lowest BCUT2D eigenvalue weighted by Gasteiger charge is -2.06. The molecule has 2 heteroatoms. The van der Waals surface area contributed by atoms with Gasteiger partial charge in [-0.25, -0.2) is 0 Å². The monoisotopic (exact) mass is 111 g/mol. The van der Waals surface area contributed by atoms with Crippen molar-refractivity contribution in [2.24, 2.45) is 0 Å². The van der Waals surface area contributed by atoms with Crippen LogP contribution in [0.1, 0.15) is 13.3 Å². The van der Waals surface area contributed by atoms with E-state index in [0.29, 0.717) is 0 Å². The minimum Gasteiger partial charge on any atom is -0.469 e. The van der Waals surface area contributed by atoms with Gasteiger partial charge < -0.3 is 10.1 Å². The van der Waals surface area contributed by atoms with E-state index in [-0.39, 0.29) is 0 Å². The number of ether oxygens (including phenoxy) is 1. The van der Waals surface area contributed by atoms with Crippen LogP contribution in [0.5, 0.6) is 0 Å². The minimum atomic E-state index is 0.990. The van der Waals surface area contributed by atoms with Crippen LogP contribution in [-0.2, 0) is 4.74 Å². The Hall–Kier alpha value is -0.920. The van der Waals surface area contributed by atoms with Crippen LogP contribution in [0.15, 0.2) is 24.4 Å². The van der Waals surface area contributed by atoms with Crippen molar-refractivity contribution >= 4 is 0 Å². The summed E-state index contributed by atoms with van der Waals surface area (Å²) in [6, 6.07) is 0. The van der Waals surface area contributed by atoms with Crippen LogP contribution in [0.25, 0.3) is 0 Å². The van der Waals surface area contributed by atoms with E-state index in [4.69, 9.17) is 4.74 Å². The highest BCUT2D eigenvalue weighted by atomic mass is 16.5. The van der Waals surface area contributed by atoms with Gasteiger partial charge in [-0.2, -0.15) is 0 Å². The van der Waals surface area contributed by atoms with Gasteiger partial charge >= 0.3 is 0 Å². The first-order chi connectivity index (χ1) is 3.93. The highest BCUT2D eigenvalue weighted by molar-refractivity contribution is 5.02. The second-order valence-electron chi connectivity index (χ2n) is 1.58. The molecule has 8 heavy (non-hydrogen) atoms. The molecule has 44 valence electrons. The van der Waals surface area contributed by atoms with Crippen LogP contribution >= 0.6 is 0 Å². The number of allylic oxidation sites excluding steroid dienone is 1. The Bertz CT molecular complexity index is 126. The Morgan fingerprint density at radius 2 is 2.62 bits per heavy atom. The summed E-state index contributed by atoms with van der Waals surface area (Å²) in [7, 11) is 0. The number of hydrogen-bond donors (Lipinski definition) is 1. The molecule has 0 aromatic rings. The van der Waals surface area contributed by atoms with Gasteiger partial charge in [-0.1, -0.05) is 6.92 Å². The number of nitrogens with one attached hydrogen (secondary N) is 1. The van der Waals surface area contributed by atoms with Crippen LogP contribution in [0.2, 0.25) is 0 Å².